The molecule has 1 radical (unpaired) electrons. The van der Waals surface area contributed by atoms with Crippen molar-refractivity contribution in [3.8, 4) is 0 Å². The van der Waals surface area contributed by atoms with Crippen molar-refractivity contribution < 1.29 is 27.2 Å². The molecule has 0 unspecified atom stereocenters. The Morgan fingerprint density at radius 1 is 1.00 bits per heavy atom. The number of fused-ring (bicyclic) bond motifs is 1. The van der Waals surface area contributed by atoms with Gasteiger partial charge in [0.15, 0.2) is 0 Å². The van der Waals surface area contributed by atoms with E-state index in [0.29, 0.717) is 16.8 Å². The average molecular weight is 346 g/mol. The maximum atomic E-state index is 12.0. The predicted molar refractivity (Wildman–Crippen MR) is 68.3 cm³/mol. The van der Waals surface area contributed by atoms with Gasteiger partial charge in [-0.25, -0.2) is 0 Å². The molecule has 0 bridgehead atoms. The molecule has 0 aliphatic carbocycles. The second-order valence-electron chi connectivity index (χ2n) is 3.82. The van der Waals surface area contributed by atoms with E-state index >= 15 is 0 Å². The number of hydrogen-bond acceptors (Lipinski definition) is 3. The van der Waals surface area contributed by atoms with Gasteiger partial charge in [0.2, 0.25) is 0 Å². The number of aromatic nitrogens is 3. The molecule has 99 valence electrons. The van der Waals surface area contributed by atoms with Crippen LogP contribution in [0.2, 0.25) is 0 Å². The summed E-state index contributed by atoms with van der Waals surface area (Å²) in [7, 11) is 0. The van der Waals surface area contributed by atoms with Crippen LogP contribution in [0, 0.1) is 0 Å². The Morgan fingerprint density at radius 3 is 2.58 bits per heavy atom. The normalized spacial score (nSPS) is 9.89. The Kier molecular flexibility index (Phi) is 4.11. The summed E-state index contributed by atoms with van der Waals surface area (Å²) in [6, 6.07) is 14.5. The molecule has 2 N–H and O–H groups in total. The molecule has 0 atom stereocenters. The van der Waals surface area contributed by atoms with E-state index in [0.717, 1.165) is 5.52 Å². The standard InChI is InChI=1S/C13H10N4O.Ag/c18-13(9-5-2-1-3-6-9)14-10-7-4-8-11-12(10)16-17-15-11;/h1-8H,(H,14,18)(H,15,16,17);. The molecular weight excluding hydrogens is 336 g/mol. The summed E-state index contributed by atoms with van der Waals surface area (Å²) in [5.41, 5.74) is 2.63. The van der Waals surface area contributed by atoms with Crippen molar-refractivity contribution in [2.75, 3.05) is 5.32 Å². The van der Waals surface area contributed by atoms with Gasteiger partial charge < -0.3 is 5.32 Å². The quantitative estimate of drug-likeness (QED) is 0.699. The van der Waals surface area contributed by atoms with E-state index in [1.807, 2.05) is 30.3 Å². The number of rotatable bonds is 2. The fraction of sp³-hybridized carbons (Fsp3) is 0. The smallest absolute Gasteiger partial charge is 0.255 e. The van der Waals surface area contributed by atoms with Crippen molar-refractivity contribution in [1.82, 2.24) is 15.4 Å². The molecule has 0 aliphatic heterocycles. The van der Waals surface area contributed by atoms with Gasteiger partial charge in [-0.2, -0.15) is 15.4 Å². The van der Waals surface area contributed by atoms with Crippen LogP contribution < -0.4 is 5.32 Å². The minimum Gasteiger partial charge on any atom is -0.320 e. The Hall–Kier alpha value is -1.95. The minimum atomic E-state index is -0.161. The molecule has 2 aromatic carbocycles. The average Bonchev–Trinajstić information content (AvgIpc) is 2.89. The minimum absolute atomic E-state index is 0. The van der Waals surface area contributed by atoms with Crippen molar-refractivity contribution in [3.05, 3.63) is 54.1 Å². The van der Waals surface area contributed by atoms with E-state index in [2.05, 4.69) is 20.7 Å². The molecule has 6 heteroatoms. The topological polar surface area (TPSA) is 70.7 Å². The second kappa shape index (κ2) is 5.79. The molecular formula is C13H10AgN4O. The summed E-state index contributed by atoms with van der Waals surface area (Å²) in [6.07, 6.45) is 0. The molecule has 0 saturated heterocycles. The van der Waals surface area contributed by atoms with Gasteiger partial charge in [-0.3, -0.25) is 4.79 Å². The number of amides is 1. The largest absolute Gasteiger partial charge is 0.320 e. The first kappa shape index (κ1) is 13.5. The molecule has 0 fully saturated rings. The molecule has 5 nitrogen and oxygen atoms in total. The maximum absolute atomic E-state index is 12.0. The zero-order valence-electron chi connectivity index (χ0n) is 9.72. The van der Waals surface area contributed by atoms with E-state index in [1.165, 1.54) is 0 Å². The number of carbonyl (C=O) groups is 1. The first-order chi connectivity index (χ1) is 8.84. The van der Waals surface area contributed by atoms with E-state index in [4.69, 9.17) is 0 Å². The maximum Gasteiger partial charge on any atom is 0.255 e. The number of nitrogens with one attached hydrogen (secondary N) is 2. The summed E-state index contributed by atoms with van der Waals surface area (Å²) in [5.74, 6) is -0.161. The number of hydrogen-bond donors (Lipinski definition) is 2. The van der Waals surface area contributed by atoms with E-state index in [9.17, 15) is 4.79 Å². The third-order valence-corrected chi connectivity index (χ3v) is 2.63. The van der Waals surface area contributed by atoms with Crippen molar-refractivity contribution >= 4 is 22.6 Å². The van der Waals surface area contributed by atoms with Crippen molar-refractivity contribution in [2.24, 2.45) is 0 Å². The molecule has 0 spiro atoms. The molecule has 0 saturated carbocycles. The molecule has 1 heterocycles. The molecule has 3 rings (SSSR count). The summed E-state index contributed by atoms with van der Waals surface area (Å²) in [5, 5.41) is 13.4. The third kappa shape index (κ3) is 2.73. The summed E-state index contributed by atoms with van der Waals surface area (Å²) >= 11 is 0. The van der Waals surface area contributed by atoms with Crippen LogP contribution in [-0.4, -0.2) is 21.3 Å². The number of anilines is 1. The van der Waals surface area contributed by atoms with Crippen LogP contribution in [0.3, 0.4) is 0 Å². The number of aromatic amines is 1. The van der Waals surface area contributed by atoms with Gasteiger partial charge in [-0.1, -0.05) is 24.3 Å². The molecule has 0 aliphatic rings. The first-order valence-corrected chi connectivity index (χ1v) is 5.50. The van der Waals surface area contributed by atoms with Gasteiger partial charge in [0, 0.05) is 27.9 Å². The number of carbonyl (C=O) groups excluding carboxylic acids is 1. The number of benzene rings is 2. The predicted octanol–water partition coefficient (Wildman–Crippen LogP) is 2.21. The fourth-order valence-corrected chi connectivity index (χ4v) is 1.75. The number of para-hydroxylation sites is 1. The monoisotopic (exact) mass is 345 g/mol. The van der Waals surface area contributed by atoms with E-state index in [1.54, 1.807) is 18.2 Å². The fourth-order valence-electron chi connectivity index (χ4n) is 1.75. The third-order valence-electron chi connectivity index (χ3n) is 2.63. The Balaban J connectivity index is 0.00000133. The van der Waals surface area contributed by atoms with Gasteiger partial charge in [-0.15, -0.1) is 0 Å². The molecule has 3 aromatic rings. The van der Waals surface area contributed by atoms with Gasteiger partial charge in [0.1, 0.15) is 11.0 Å². The van der Waals surface area contributed by atoms with Crippen LogP contribution in [-0.2, 0) is 22.4 Å². The Bertz CT molecular complexity index is 696. The zero-order valence-corrected chi connectivity index (χ0v) is 11.2. The van der Waals surface area contributed by atoms with Crippen molar-refractivity contribution in [1.29, 1.82) is 0 Å². The first-order valence-electron chi connectivity index (χ1n) is 5.50. The Morgan fingerprint density at radius 2 is 1.79 bits per heavy atom. The summed E-state index contributed by atoms with van der Waals surface area (Å²) < 4.78 is 0. The summed E-state index contributed by atoms with van der Waals surface area (Å²) in [6.45, 7) is 0. The number of nitrogens with zero attached hydrogens (tertiary/aromatic N) is 2. The van der Waals surface area contributed by atoms with Crippen LogP contribution in [0.15, 0.2) is 48.5 Å². The van der Waals surface area contributed by atoms with Crippen LogP contribution in [0.4, 0.5) is 5.69 Å². The SMILES string of the molecule is O=C(Nc1cccc2n[nH]nc12)c1ccccc1.[Ag]. The van der Waals surface area contributed by atoms with Gasteiger partial charge in [-0.05, 0) is 24.3 Å². The molecule has 1 amide bonds. The van der Waals surface area contributed by atoms with Gasteiger partial charge in [0.05, 0.1) is 5.69 Å². The van der Waals surface area contributed by atoms with Crippen LogP contribution >= 0.6 is 0 Å². The van der Waals surface area contributed by atoms with Gasteiger partial charge >= 0.3 is 0 Å². The molecule has 19 heavy (non-hydrogen) atoms. The summed E-state index contributed by atoms with van der Waals surface area (Å²) in [4.78, 5) is 12.0. The van der Waals surface area contributed by atoms with E-state index < -0.39 is 0 Å². The Labute approximate surface area is 124 Å². The second-order valence-corrected chi connectivity index (χ2v) is 3.82. The van der Waals surface area contributed by atoms with E-state index in [-0.39, 0.29) is 28.3 Å². The van der Waals surface area contributed by atoms with Crippen molar-refractivity contribution in [2.45, 2.75) is 0 Å². The molecule has 1 aromatic heterocycles. The van der Waals surface area contributed by atoms with Crippen LogP contribution in [0.1, 0.15) is 10.4 Å². The van der Waals surface area contributed by atoms with Crippen LogP contribution in [0.25, 0.3) is 11.0 Å². The van der Waals surface area contributed by atoms with Gasteiger partial charge in [0.25, 0.3) is 5.91 Å². The number of H-pyrrole nitrogens is 1. The van der Waals surface area contributed by atoms with Crippen molar-refractivity contribution in [3.63, 3.8) is 0 Å². The van der Waals surface area contributed by atoms with Crippen LogP contribution in [0.5, 0.6) is 0 Å². The zero-order chi connectivity index (χ0) is 12.4.